The van der Waals surface area contributed by atoms with Crippen molar-refractivity contribution in [2.45, 2.75) is 42.9 Å². The summed E-state index contributed by atoms with van der Waals surface area (Å²) in [6, 6.07) is 25.2. The van der Waals surface area contributed by atoms with Gasteiger partial charge in [-0.05, 0) is 51.5 Å². The fourth-order valence-electron chi connectivity index (χ4n) is 3.73. The largest absolute Gasteiger partial charge is 0.443 e. The number of aryl methyl sites for hydroxylation is 1. The summed E-state index contributed by atoms with van der Waals surface area (Å²) in [5, 5.41) is 0. The molecule has 0 bridgehead atoms. The normalized spacial score (nSPS) is 18.1. The fraction of sp³-hybridized carbons (Fsp3) is 0.231. The molecule has 31 heavy (non-hydrogen) atoms. The molecule has 1 atom stereocenters. The Kier molecular flexibility index (Phi) is 5.40. The summed E-state index contributed by atoms with van der Waals surface area (Å²) in [7, 11) is 0. The topological polar surface area (TPSA) is 46.6 Å². The molecular formula is C26H25NO3S. The zero-order valence-electron chi connectivity index (χ0n) is 18.1. The van der Waals surface area contributed by atoms with Crippen molar-refractivity contribution in [3.8, 4) is 0 Å². The molecule has 1 aliphatic rings. The molecule has 4 nitrogen and oxygen atoms in total. The van der Waals surface area contributed by atoms with Crippen LogP contribution in [0.2, 0.25) is 0 Å². The fourth-order valence-corrected chi connectivity index (χ4v) is 5.09. The highest BCUT2D eigenvalue weighted by Crippen LogP contribution is 2.55. The molecule has 3 aromatic rings. The van der Waals surface area contributed by atoms with Gasteiger partial charge < -0.3 is 4.74 Å². The Morgan fingerprint density at radius 2 is 1.52 bits per heavy atom. The maximum absolute atomic E-state index is 14.1. The number of carbonyl (C=O) groups is 2. The van der Waals surface area contributed by atoms with Crippen LogP contribution in [0.1, 0.15) is 37.5 Å². The number of hydrogen-bond donors (Lipinski definition) is 0. The van der Waals surface area contributed by atoms with Gasteiger partial charge in [-0.15, -0.1) is 0 Å². The quantitative estimate of drug-likeness (QED) is 0.487. The Morgan fingerprint density at radius 3 is 2.16 bits per heavy atom. The number of thioether (sulfide) groups is 1. The zero-order chi connectivity index (χ0) is 22.2. The summed E-state index contributed by atoms with van der Waals surface area (Å²) in [6.45, 7) is 7.40. The van der Waals surface area contributed by atoms with Crippen LogP contribution in [0, 0.1) is 6.92 Å². The number of fused-ring (bicyclic) bond motifs is 1. The Morgan fingerprint density at radius 1 is 0.903 bits per heavy atom. The van der Waals surface area contributed by atoms with E-state index in [1.807, 2.05) is 79.7 Å². The van der Waals surface area contributed by atoms with E-state index in [4.69, 9.17) is 4.74 Å². The third kappa shape index (κ3) is 3.86. The number of nitrogens with zero attached hydrogens (tertiary/aromatic N) is 1. The van der Waals surface area contributed by atoms with Gasteiger partial charge in [-0.2, -0.15) is 0 Å². The zero-order valence-corrected chi connectivity index (χ0v) is 18.9. The molecule has 0 fully saturated rings. The minimum absolute atomic E-state index is 0.319. The molecule has 0 radical (unpaired) electrons. The number of benzene rings is 3. The summed E-state index contributed by atoms with van der Waals surface area (Å²) >= 11 is 1.45. The number of carbonyl (C=O) groups excluding carboxylic acids is 2. The molecule has 1 aliphatic heterocycles. The molecule has 0 N–H and O–H groups in total. The van der Waals surface area contributed by atoms with Crippen molar-refractivity contribution in [3.05, 3.63) is 95.6 Å². The Balaban J connectivity index is 1.93. The van der Waals surface area contributed by atoms with Crippen molar-refractivity contribution in [3.63, 3.8) is 0 Å². The third-order valence-corrected chi connectivity index (χ3v) is 6.52. The van der Waals surface area contributed by atoms with Crippen LogP contribution in [0.4, 0.5) is 10.5 Å². The smallest absolute Gasteiger partial charge is 0.421 e. The monoisotopic (exact) mass is 431 g/mol. The van der Waals surface area contributed by atoms with E-state index in [1.54, 1.807) is 26.8 Å². The van der Waals surface area contributed by atoms with Crippen LogP contribution in [-0.4, -0.2) is 17.6 Å². The van der Waals surface area contributed by atoms with Gasteiger partial charge >= 0.3 is 6.09 Å². The first-order valence-corrected chi connectivity index (χ1v) is 11.0. The summed E-state index contributed by atoms with van der Waals surface area (Å²) in [6.07, 6.45) is -0.660. The number of amides is 2. The summed E-state index contributed by atoms with van der Waals surface area (Å²) in [5.74, 6) is -0.319. The molecule has 0 unspecified atom stereocenters. The highest BCUT2D eigenvalue weighted by Gasteiger charge is 2.55. The lowest BCUT2D eigenvalue weighted by Gasteiger charge is -2.29. The highest BCUT2D eigenvalue weighted by molar-refractivity contribution is 8.01. The van der Waals surface area contributed by atoms with Gasteiger partial charge in [0, 0.05) is 10.5 Å². The number of imide groups is 1. The van der Waals surface area contributed by atoms with E-state index in [9.17, 15) is 9.59 Å². The van der Waals surface area contributed by atoms with Crippen molar-refractivity contribution in [1.29, 1.82) is 0 Å². The molecule has 2 amide bonds. The van der Waals surface area contributed by atoms with Crippen molar-refractivity contribution in [1.82, 2.24) is 0 Å². The molecule has 0 saturated carbocycles. The van der Waals surface area contributed by atoms with Crippen LogP contribution in [-0.2, 0) is 14.3 Å². The predicted octanol–water partition coefficient (Wildman–Crippen LogP) is 6.31. The maximum Gasteiger partial charge on any atom is 0.421 e. The van der Waals surface area contributed by atoms with Crippen LogP contribution in [0.25, 0.3) is 0 Å². The number of rotatable bonds is 3. The standard InChI is InChI=1S/C26H25NO3S/c1-18-14-16-19(17-15-18)26(31-20-10-6-5-7-11-20)21-12-8-9-13-22(21)27(23(26)28)24(29)30-25(2,3)4/h5-17H,1-4H3/t26-/m1/s1. The molecule has 3 aromatic carbocycles. The van der Waals surface area contributed by atoms with E-state index in [0.29, 0.717) is 5.69 Å². The second kappa shape index (κ2) is 7.89. The van der Waals surface area contributed by atoms with E-state index in [2.05, 4.69) is 0 Å². The molecule has 0 saturated heterocycles. The van der Waals surface area contributed by atoms with Gasteiger partial charge in [-0.3, -0.25) is 4.79 Å². The molecular weight excluding hydrogens is 406 g/mol. The lowest BCUT2D eigenvalue weighted by atomic mass is 9.91. The van der Waals surface area contributed by atoms with Crippen molar-refractivity contribution in [2.24, 2.45) is 0 Å². The van der Waals surface area contributed by atoms with Gasteiger partial charge in [0.25, 0.3) is 5.91 Å². The van der Waals surface area contributed by atoms with E-state index in [1.165, 1.54) is 16.7 Å². The highest BCUT2D eigenvalue weighted by atomic mass is 32.2. The molecule has 4 rings (SSSR count). The lowest BCUT2D eigenvalue weighted by Crippen LogP contribution is -2.44. The van der Waals surface area contributed by atoms with Crippen LogP contribution in [0.3, 0.4) is 0 Å². The van der Waals surface area contributed by atoms with Gasteiger partial charge in [-0.25, -0.2) is 9.69 Å². The van der Waals surface area contributed by atoms with Gasteiger partial charge in [-0.1, -0.05) is 78.0 Å². The van der Waals surface area contributed by atoms with Crippen LogP contribution < -0.4 is 4.90 Å². The van der Waals surface area contributed by atoms with Crippen molar-refractivity contribution < 1.29 is 14.3 Å². The number of ether oxygens (including phenoxy) is 1. The number of para-hydroxylation sites is 1. The lowest BCUT2D eigenvalue weighted by molar-refractivity contribution is -0.119. The molecule has 0 spiro atoms. The Bertz CT molecular complexity index is 1120. The maximum atomic E-state index is 14.1. The Labute approximate surface area is 187 Å². The number of anilines is 1. The number of hydrogen-bond acceptors (Lipinski definition) is 4. The molecule has 0 aromatic heterocycles. The SMILES string of the molecule is Cc1ccc([C@]2(Sc3ccccc3)C(=O)N(C(=O)OC(C)(C)C)c3ccccc32)cc1. The average Bonchev–Trinajstić information content (AvgIpc) is 2.97. The summed E-state index contributed by atoms with van der Waals surface area (Å²) < 4.78 is 4.51. The van der Waals surface area contributed by atoms with Crippen molar-refractivity contribution >= 4 is 29.4 Å². The van der Waals surface area contributed by atoms with Gasteiger partial charge in [0.2, 0.25) is 0 Å². The van der Waals surface area contributed by atoms with E-state index in [0.717, 1.165) is 21.6 Å². The second-order valence-electron chi connectivity index (χ2n) is 8.60. The summed E-state index contributed by atoms with van der Waals surface area (Å²) in [5.41, 5.74) is 2.56. The first kappa shape index (κ1) is 21.2. The minimum Gasteiger partial charge on any atom is -0.443 e. The first-order chi connectivity index (χ1) is 14.7. The van der Waals surface area contributed by atoms with Gasteiger partial charge in [0.15, 0.2) is 4.75 Å². The second-order valence-corrected chi connectivity index (χ2v) is 9.89. The minimum atomic E-state index is -1.09. The van der Waals surface area contributed by atoms with E-state index >= 15 is 0 Å². The average molecular weight is 432 g/mol. The van der Waals surface area contributed by atoms with E-state index in [-0.39, 0.29) is 5.91 Å². The van der Waals surface area contributed by atoms with Crippen LogP contribution in [0.5, 0.6) is 0 Å². The van der Waals surface area contributed by atoms with Gasteiger partial charge in [0.05, 0.1) is 5.69 Å². The molecule has 5 heteroatoms. The molecule has 0 aliphatic carbocycles. The Hall–Kier alpha value is -3.05. The van der Waals surface area contributed by atoms with Crippen LogP contribution in [0.15, 0.2) is 83.8 Å². The van der Waals surface area contributed by atoms with E-state index < -0.39 is 16.4 Å². The predicted molar refractivity (Wildman–Crippen MR) is 124 cm³/mol. The summed E-state index contributed by atoms with van der Waals surface area (Å²) in [4.78, 5) is 29.4. The molecule has 158 valence electrons. The molecule has 1 heterocycles. The van der Waals surface area contributed by atoms with Gasteiger partial charge in [0.1, 0.15) is 5.60 Å². The van der Waals surface area contributed by atoms with Crippen LogP contribution >= 0.6 is 11.8 Å². The van der Waals surface area contributed by atoms with Crippen molar-refractivity contribution in [2.75, 3.05) is 4.90 Å². The first-order valence-electron chi connectivity index (χ1n) is 10.2. The third-order valence-electron chi connectivity index (χ3n) is 5.08.